The fourth-order valence-electron chi connectivity index (χ4n) is 2.89. The summed E-state index contributed by atoms with van der Waals surface area (Å²) in [5.41, 5.74) is 1.07. The maximum Gasteiger partial charge on any atom is 0.338 e. The molecule has 0 fully saturated rings. The molecule has 3 nitrogen and oxygen atoms in total. The number of rotatable bonds is 15. The number of carbonyl (C=O) groups excluding carboxylic acids is 2. The van der Waals surface area contributed by atoms with Gasteiger partial charge in [-0.3, -0.25) is 4.79 Å². The molecular formula is C22H34O3. The molecule has 0 saturated heterocycles. The number of hydrogen-bond acceptors (Lipinski definition) is 3. The average molecular weight is 347 g/mol. The summed E-state index contributed by atoms with van der Waals surface area (Å²) < 4.78 is 5.27. The van der Waals surface area contributed by atoms with E-state index < -0.39 is 0 Å². The minimum atomic E-state index is -0.305. The Morgan fingerprint density at radius 1 is 0.800 bits per heavy atom. The van der Waals surface area contributed by atoms with Crippen molar-refractivity contribution in [3.8, 4) is 0 Å². The van der Waals surface area contributed by atoms with E-state index in [0.717, 1.165) is 19.1 Å². The molecule has 0 saturated carbocycles. The zero-order chi connectivity index (χ0) is 18.2. The number of hydrogen-bond donors (Lipinski definition) is 0. The minimum Gasteiger partial charge on any atom is -0.462 e. The molecule has 0 radical (unpaired) electrons. The normalized spacial score (nSPS) is 10.6. The van der Waals surface area contributed by atoms with Gasteiger partial charge in [0, 0.05) is 5.56 Å². The first kappa shape index (κ1) is 21.4. The van der Waals surface area contributed by atoms with E-state index in [1.165, 1.54) is 64.2 Å². The Morgan fingerprint density at radius 2 is 1.28 bits per heavy atom. The summed E-state index contributed by atoms with van der Waals surface area (Å²) in [5.74, 6) is -0.305. The number of ether oxygens (including phenoxy) is 1. The summed E-state index contributed by atoms with van der Waals surface area (Å²) in [4.78, 5) is 22.4. The highest BCUT2D eigenvalue weighted by Crippen LogP contribution is 2.12. The van der Waals surface area contributed by atoms with E-state index in [4.69, 9.17) is 4.74 Å². The molecule has 0 aromatic heterocycles. The molecule has 0 amide bonds. The molecule has 25 heavy (non-hydrogen) atoms. The summed E-state index contributed by atoms with van der Waals surface area (Å²) in [6.07, 6.45) is 16.3. The molecule has 0 heterocycles. The van der Waals surface area contributed by atoms with Gasteiger partial charge in [-0.05, 0) is 18.6 Å². The first-order chi connectivity index (χ1) is 12.3. The zero-order valence-corrected chi connectivity index (χ0v) is 15.8. The number of esters is 1. The molecule has 1 aromatic rings. The van der Waals surface area contributed by atoms with Gasteiger partial charge in [-0.25, -0.2) is 4.79 Å². The highest BCUT2D eigenvalue weighted by atomic mass is 16.5. The summed E-state index contributed by atoms with van der Waals surface area (Å²) in [6, 6.07) is 6.53. The van der Waals surface area contributed by atoms with Crippen LogP contribution in [-0.4, -0.2) is 18.9 Å². The Morgan fingerprint density at radius 3 is 1.76 bits per heavy atom. The molecule has 0 aliphatic heterocycles. The molecule has 0 unspecified atom stereocenters. The van der Waals surface area contributed by atoms with Crippen LogP contribution >= 0.6 is 0 Å². The predicted molar refractivity (Wildman–Crippen MR) is 103 cm³/mol. The Kier molecular flexibility index (Phi) is 12.6. The van der Waals surface area contributed by atoms with Gasteiger partial charge >= 0.3 is 5.97 Å². The first-order valence-electron chi connectivity index (χ1n) is 10.00. The fraction of sp³-hybridized carbons (Fsp3) is 0.636. The monoisotopic (exact) mass is 346 g/mol. The average Bonchev–Trinajstić information content (AvgIpc) is 2.65. The van der Waals surface area contributed by atoms with Crippen molar-refractivity contribution in [3.05, 3.63) is 35.4 Å². The summed E-state index contributed by atoms with van der Waals surface area (Å²) in [6.45, 7) is 2.73. The highest BCUT2D eigenvalue weighted by Gasteiger charge is 2.06. The maximum atomic E-state index is 11.8. The molecule has 1 rings (SSSR count). The van der Waals surface area contributed by atoms with Crippen LogP contribution in [0, 0.1) is 0 Å². The van der Waals surface area contributed by atoms with Gasteiger partial charge in [0.05, 0.1) is 12.2 Å². The van der Waals surface area contributed by atoms with E-state index in [1.54, 1.807) is 24.3 Å². The van der Waals surface area contributed by atoms with E-state index in [0.29, 0.717) is 17.7 Å². The lowest BCUT2D eigenvalue weighted by molar-refractivity contribution is 0.0497. The number of carbonyl (C=O) groups is 2. The van der Waals surface area contributed by atoms with Crippen LogP contribution in [0.15, 0.2) is 24.3 Å². The second kappa shape index (κ2) is 14.7. The molecule has 0 spiro atoms. The van der Waals surface area contributed by atoms with Crippen molar-refractivity contribution in [2.24, 2.45) is 0 Å². The number of benzene rings is 1. The van der Waals surface area contributed by atoms with Crippen LogP contribution in [0.3, 0.4) is 0 Å². The highest BCUT2D eigenvalue weighted by molar-refractivity contribution is 5.90. The molecule has 1 aromatic carbocycles. The largest absolute Gasteiger partial charge is 0.462 e. The molecule has 140 valence electrons. The third-order valence-electron chi connectivity index (χ3n) is 4.51. The van der Waals surface area contributed by atoms with Crippen LogP contribution in [0.1, 0.15) is 105 Å². The summed E-state index contributed by atoms with van der Waals surface area (Å²) >= 11 is 0. The first-order valence-corrected chi connectivity index (χ1v) is 10.00. The van der Waals surface area contributed by atoms with Crippen LogP contribution in [0.25, 0.3) is 0 Å². The van der Waals surface area contributed by atoms with Crippen molar-refractivity contribution in [2.45, 2.75) is 84.0 Å². The van der Waals surface area contributed by atoms with Crippen molar-refractivity contribution < 1.29 is 14.3 Å². The summed E-state index contributed by atoms with van der Waals surface area (Å²) in [7, 11) is 0. The molecule has 3 heteroatoms. The van der Waals surface area contributed by atoms with Crippen LogP contribution in [0.4, 0.5) is 0 Å². The third kappa shape index (κ3) is 10.8. The second-order valence-electron chi connectivity index (χ2n) is 6.76. The van der Waals surface area contributed by atoms with Gasteiger partial charge in [-0.1, -0.05) is 89.7 Å². The van der Waals surface area contributed by atoms with Gasteiger partial charge in [0.25, 0.3) is 0 Å². The zero-order valence-electron chi connectivity index (χ0n) is 15.8. The van der Waals surface area contributed by atoms with Gasteiger partial charge < -0.3 is 4.74 Å². The summed E-state index contributed by atoms with van der Waals surface area (Å²) in [5, 5.41) is 0. The van der Waals surface area contributed by atoms with Gasteiger partial charge in [-0.15, -0.1) is 0 Å². The molecule has 0 bridgehead atoms. The van der Waals surface area contributed by atoms with Crippen molar-refractivity contribution >= 4 is 12.3 Å². The van der Waals surface area contributed by atoms with E-state index >= 15 is 0 Å². The van der Waals surface area contributed by atoms with E-state index in [2.05, 4.69) is 6.92 Å². The maximum absolute atomic E-state index is 11.8. The molecule has 0 aliphatic carbocycles. The lowest BCUT2D eigenvalue weighted by Crippen LogP contribution is -2.06. The lowest BCUT2D eigenvalue weighted by Gasteiger charge is -2.05. The van der Waals surface area contributed by atoms with E-state index in [-0.39, 0.29) is 5.97 Å². The van der Waals surface area contributed by atoms with Crippen molar-refractivity contribution in [3.63, 3.8) is 0 Å². The number of unbranched alkanes of at least 4 members (excludes halogenated alkanes) is 11. The molecule has 0 N–H and O–H groups in total. The molecule has 0 aliphatic rings. The fourth-order valence-corrected chi connectivity index (χ4v) is 2.89. The van der Waals surface area contributed by atoms with Gasteiger partial charge in [0.1, 0.15) is 6.29 Å². The Balaban J connectivity index is 1.91. The lowest BCUT2D eigenvalue weighted by atomic mass is 10.1. The van der Waals surface area contributed by atoms with Crippen molar-refractivity contribution in [2.75, 3.05) is 6.61 Å². The van der Waals surface area contributed by atoms with Crippen molar-refractivity contribution in [1.29, 1.82) is 0 Å². The number of aldehydes is 1. The standard InChI is InChI=1S/C22H34O3/c1-2-3-4-5-6-7-8-9-10-11-12-13-18-25-22(24)21-16-14-20(19-23)15-17-21/h14-17,19H,2-13,18H2,1H3. The van der Waals surface area contributed by atoms with Crippen molar-refractivity contribution in [1.82, 2.24) is 0 Å². The quantitative estimate of drug-likeness (QED) is 0.211. The van der Waals surface area contributed by atoms with Gasteiger partial charge in [0.15, 0.2) is 0 Å². The van der Waals surface area contributed by atoms with Crippen LogP contribution in [-0.2, 0) is 4.74 Å². The van der Waals surface area contributed by atoms with Crippen LogP contribution in [0.2, 0.25) is 0 Å². The van der Waals surface area contributed by atoms with Crippen LogP contribution in [0.5, 0.6) is 0 Å². The van der Waals surface area contributed by atoms with Gasteiger partial charge in [-0.2, -0.15) is 0 Å². The molecule has 0 atom stereocenters. The Bertz CT molecular complexity index is 465. The van der Waals surface area contributed by atoms with Gasteiger partial charge in [0.2, 0.25) is 0 Å². The third-order valence-corrected chi connectivity index (χ3v) is 4.51. The SMILES string of the molecule is CCCCCCCCCCCCCCOC(=O)c1ccc(C=O)cc1. The van der Waals surface area contributed by atoms with Crippen LogP contribution < -0.4 is 0 Å². The second-order valence-corrected chi connectivity index (χ2v) is 6.76. The Hall–Kier alpha value is -1.64. The van der Waals surface area contributed by atoms with E-state index in [9.17, 15) is 9.59 Å². The topological polar surface area (TPSA) is 43.4 Å². The minimum absolute atomic E-state index is 0.305. The smallest absolute Gasteiger partial charge is 0.338 e. The van der Waals surface area contributed by atoms with E-state index in [1.807, 2.05) is 0 Å². The molecular weight excluding hydrogens is 312 g/mol. The predicted octanol–water partition coefficient (Wildman–Crippen LogP) is 6.36. The Labute approximate surface area is 153 Å².